The van der Waals surface area contributed by atoms with Crippen LogP contribution < -0.4 is 5.09 Å². The summed E-state index contributed by atoms with van der Waals surface area (Å²) in [5.74, 6) is 0. The summed E-state index contributed by atoms with van der Waals surface area (Å²) in [7, 11) is -0.388. The van der Waals surface area contributed by atoms with Crippen LogP contribution in [0.1, 0.15) is 0 Å². The molecule has 0 aliphatic heterocycles. The molecule has 0 heterocycles. The standard InChI is InChI=1S/C3H10NO3P/c1-7-3-2-4-8(5)6/h4-6H,2-3H2,1H3. The van der Waals surface area contributed by atoms with Crippen molar-refractivity contribution in [3.05, 3.63) is 0 Å². The van der Waals surface area contributed by atoms with E-state index in [0.717, 1.165) is 0 Å². The summed E-state index contributed by atoms with van der Waals surface area (Å²) < 4.78 is 4.62. The van der Waals surface area contributed by atoms with Gasteiger partial charge in [0.2, 0.25) is 8.53 Å². The van der Waals surface area contributed by atoms with Gasteiger partial charge < -0.3 is 14.5 Å². The first-order chi connectivity index (χ1) is 3.77. The van der Waals surface area contributed by atoms with Crippen LogP contribution >= 0.6 is 8.53 Å². The molecular weight excluding hydrogens is 129 g/mol. The Morgan fingerprint density at radius 3 is 2.62 bits per heavy atom. The molecule has 5 heteroatoms. The summed E-state index contributed by atoms with van der Waals surface area (Å²) in [6.45, 7) is 0.981. The first kappa shape index (κ1) is 8.27. The van der Waals surface area contributed by atoms with Gasteiger partial charge in [-0.3, -0.25) is 0 Å². The predicted molar refractivity (Wildman–Crippen MR) is 31.2 cm³/mol. The Morgan fingerprint density at radius 2 is 2.25 bits per heavy atom. The fourth-order valence-corrected chi connectivity index (χ4v) is 0.539. The Labute approximate surface area is 49.5 Å². The largest absolute Gasteiger partial charge is 0.383 e. The summed E-state index contributed by atoms with van der Waals surface area (Å²) in [6, 6.07) is 0. The number of hydrogen-bond acceptors (Lipinski definition) is 4. The number of hydrogen-bond donors (Lipinski definition) is 3. The lowest BCUT2D eigenvalue weighted by atomic mass is 10.7. The highest BCUT2D eigenvalue weighted by Gasteiger charge is 1.92. The lowest BCUT2D eigenvalue weighted by molar-refractivity contribution is 0.203. The summed E-state index contributed by atoms with van der Waals surface area (Å²) in [4.78, 5) is 16.5. The van der Waals surface area contributed by atoms with Crippen LogP contribution in [0.3, 0.4) is 0 Å². The van der Waals surface area contributed by atoms with E-state index in [-0.39, 0.29) is 0 Å². The Balaban J connectivity index is 2.72. The molecule has 0 aromatic carbocycles. The van der Waals surface area contributed by atoms with Gasteiger partial charge in [0, 0.05) is 13.7 Å². The van der Waals surface area contributed by atoms with Crippen molar-refractivity contribution in [2.75, 3.05) is 20.3 Å². The summed E-state index contributed by atoms with van der Waals surface area (Å²) in [6.07, 6.45) is 0. The zero-order valence-electron chi connectivity index (χ0n) is 4.66. The van der Waals surface area contributed by atoms with Gasteiger partial charge in [-0.25, -0.2) is 5.09 Å². The Kier molecular flexibility index (Phi) is 5.59. The zero-order valence-corrected chi connectivity index (χ0v) is 5.56. The van der Waals surface area contributed by atoms with Gasteiger partial charge in [-0.1, -0.05) is 0 Å². The maximum Gasteiger partial charge on any atom is 0.250 e. The van der Waals surface area contributed by atoms with E-state index in [9.17, 15) is 0 Å². The van der Waals surface area contributed by atoms with Crippen LogP contribution in [0.4, 0.5) is 0 Å². The summed E-state index contributed by atoms with van der Waals surface area (Å²) in [5.41, 5.74) is 0. The van der Waals surface area contributed by atoms with E-state index in [4.69, 9.17) is 9.79 Å². The minimum Gasteiger partial charge on any atom is -0.383 e. The van der Waals surface area contributed by atoms with Crippen molar-refractivity contribution >= 4 is 8.53 Å². The third-order valence-corrected chi connectivity index (χ3v) is 1.07. The van der Waals surface area contributed by atoms with E-state index in [2.05, 4.69) is 9.82 Å². The molecule has 0 aromatic rings. The first-order valence-corrected chi connectivity index (χ1v) is 3.42. The molecule has 0 fully saturated rings. The highest BCUT2D eigenvalue weighted by molar-refractivity contribution is 7.42. The minimum absolute atomic E-state index is 0.481. The normalized spacial score (nSPS) is 10.5. The molecule has 0 unspecified atom stereocenters. The van der Waals surface area contributed by atoms with Gasteiger partial charge in [0.1, 0.15) is 0 Å². The molecule has 3 N–H and O–H groups in total. The van der Waals surface area contributed by atoms with Crippen LogP contribution in [0.15, 0.2) is 0 Å². The van der Waals surface area contributed by atoms with Crippen molar-refractivity contribution in [3.63, 3.8) is 0 Å². The van der Waals surface area contributed by atoms with Crippen LogP contribution in [0, 0.1) is 0 Å². The maximum absolute atomic E-state index is 8.23. The van der Waals surface area contributed by atoms with Crippen LogP contribution in [-0.4, -0.2) is 30.0 Å². The molecule has 8 heavy (non-hydrogen) atoms. The zero-order chi connectivity index (χ0) is 6.41. The molecular formula is C3H10NO3P. The molecule has 0 amide bonds. The van der Waals surface area contributed by atoms with Crippen LogP contribution in [0.2, 0.25) is 0 Å². The molecule has 0 aromatic heterocycles. The number of methoxy groups -OCH3 is 1. The average Bonchev–Trinajstić information content (AvgIpc) is 1.66. The van der Waals surface area contributed by atoms with Crippen molar-refractivity contribution in [3.8, 4) is 0 Å². The number of ether oxygens (including phenoxy) is 1. The van der Waals surface area contributed by atoms with Crippen LogP contribution in [0.5, 0.6) is 0 Å². The first-order valence-electron chi connectivity index (χ1n) is 2.17. The Bertz CT molecular complexity index is 51.8. The van der Waals surface area contributed by atoms with Crippen molar-refractivity contribution in [2.24, 2.45) is 0 Å². The monoisotopic (exact) mass is 139 g/mol. The fraction of sp³-hybridized carbons (Fsp3) is 1.00. The summed E-state index contributed by atoms with van der Waals surface area (Å²) in [5, 5.41) is 2.40. The molecule has 0 aliphatic rings. The molecule has 0 radical (unpaired) electrons. The van der Waals surface area contributed by atoms with Gasteiger partial charge in [-0.15, -0.1) is 0 Å². The predicted octanol–water partition coefficient (Wildman–Crippen LogP) is -0.566. The molecule has 0 atom stereocenters. The van der Waals surface area contributed by atoms with Gasteiger partial charge in [0.05, 0.1) is 6.61 Å². The molecule has 0 saturated carbocycles. The second-order valence-corrected chi connectivity index (χ2v) is 2.09. The molecule has 4 nitrogen and oxygen atoms in total. The van der Waals surface area contributed by atoms with Gasteiger partial charge >= 0.3 is 0 Å². The maximum atomic E-state index is 8.23. The van der Waals surface area contributed by atoms with E-state index in [1.165, 1.54) is 0 Å². The van der Waals surface area contributed by atoms with Gasteiger partial charge in [0.15, 0.2) is 0 Å². The second-order valence-electron chi connectivity index (χ2n) is 1.19. The Morgan fingerprint density at radius 1 is 1.62 bits per heavy atom. The smallest absolute Gasteiger partial charge is 0.250 e. The Hall–Kier alpha value is 0.270. The van der Waals surface area contributed by atoms with Crippen molar-refractivity contribution < 1.29 is 14.5 Å². The van der Waals surface area contributed by atoms with E-state index in [1.807, 2.05) is 0 Å². The van der Waals surface area contributed by atoms with Crippen molar-refractivity contribution in [2.45, 2.75) is 0 Å². The average molecular weight is 139 g/mol. The molecule has 0 aliphatic carbocycles. The van der Waals surface area contributed by atoms with Crippen LogP contribution in [-0.2, 0) is 4.74 Å². The summed E-state index contributed by atoms with van der Waals surface area (Å²) >= 11 is 0. The highest BCUT2D eigenvalue weighted by atomic mass is 31.2. The molecule has 0 bridgehead atoms. The molecule has 0 saturated heterocycles. The number of rotatable bonds is 4. The molecule has 0 spiro atoms. The van der Waals surface area contributed by atoms with Gasteiger partial charge in [-0.05, 0) is 0 Å². The third kappa shape index (κ3) is 6.27. The number of nitrogens with one attached hydrogen (secondary N) is 1. The lowest BCUT2D eigenvalue weighted by Crippen LogP contribution is -2.12. The lowest BCUT2D eigenvalue weighted by Gasteiger charge is -2.01. The SMILES string of the molecule is COCCNP(O)O. The van der Waals surface area contributed by atoms with Crippen molar-refractivity contribution in [1.29, 1.82) is 0 Å². The van der Waals surface area contributed by atoms with Gasteiger partial charge in [-0.2, -0.15) is 0 Å². The third-order valence-electron chi connectivity index (χ3n) is 0.559. The highest BCUT2D eigenvalue weighted by Crippen LogP contribution is 2.13. The van der Waals surface area contributed by atoms with Crippen molar-refractivity contribution in [1.82, 2.24) is 5.09 Å². The van der Waals surface area contributed by atoms with Crippen LogP contribution in [0.25, 0.3) is 0 Å². The van der Waals surface area contributed by atoms with E-state index >= 15 is 0 Å². The van der Waals surface area contributed by atoms with E-state index < -0.39 is 8.53 Å². The quantitative estimate of drug-likeness (QED) is 0.360. The van der Waals surface area contributed by atoms with E-state index in [1.54, 1.807) is 7.11 Å². The second kappa shape index (κ2) is 5.41. The van der Waals surface area contributed by atoms with E-state index in [0.29, 0.717) is 13.2 Å². The van der Waals surface area contributed by atoms with Gasteiger partial charge in [0.25, 0.3) is 0 Å². The topological polar surface area (TPSA) is 61.7 Å². The fourth-order valence-electron chi connectivity index (χ4n) is 0.248. The minimum atomic E-state index is -1.94. The molecule has 50 valence electrons. The molecule has 0 rings (SSSR count).